The van der Waals surface area contributed by atoms with E-state index in [1.807, 2.05) is 18.2 Å². The fourth-order valence-corrected chi connectivity index (χ4v) is 3.54. The Labute approximate surface area is 121 Å². The summed E-state index contributed by atoms with van der Waals surface area (Å²) in [6.45, 7) is 2.48. The monoisotopic (exact) mass is 276 g/mol. The summed E-state index contributed by atoms with van der Waals surface area (Å²) in [5.41, 5.74) is 1.05. The van der Waals surface area contributed by atoms with E-state index in [0.717, 1.165) is 17.2 Å². The highest BCUT2D eigenvalue weighted by Gasteiger charge is 2.35. The Morgan fingerprint density at radius 1 is 1.10 bits per heavy atom. The molecule has 0 amide bonds. The lowest BCUT2D eigenvalue weighted by atomic mass is 9.99. The van der Waals surface area contributed by atoms with E-state index in [-0.39, 0.29) is 0 Å². The zero-order valence-corrected chi connectivity index (χ0v) is 12.4. The molecule has 1 N–H and O–H groups in total. The lowest BCUT2D eigenvalue weighted by molar-refractivity contribution is 0.192. The molecule has 2 heterocycles. The van der Waals surface area contributed by atoms with E-state index < -0.39 is 0 Å². The molecule has 110 valence electrons. The molecule has 20 heavy (non-hydrogen) atoms. The van der Waals surface area contributed by atoms with Crippen LogP contribution in [0.15, 0.2) is 18.2 Å². The van der Waals surface area contributed by atoms with Crippen LogP contribution in [0.25, 0.3) is 0 Å². The Bertz CT molecular complexity index is 464. The number of fused-ring (bicyclic) bond motifs is 1. The third-order valence-corrected chi connectivity index (χ3v) is 4.60. The Morgan fingerprint density at radius 3 is 2.80 bits per heavy atom. The zero-order chi connectivity index (χ0) is 13.9. The van der Waals surface area contributed by atoms with Gasteiger partial charge in [-0.3, -0.25) is 4.90 Å². The minimum atomic E-state index is 0.524. The molecule has 1 aromatic rings. The Balaban J connectivity index is 1.76. The molecular weight excluding hydrogens is 252 g/mol. The van der Waals surface area contributed by atoms with E-state index in [1.165, 1.54) is 38.8 Å². The molecular formula is C16H24N2O2. The standard InChI is InChI=1S/C16H24N2O2/c1-19-12-6-7-16(20-2)14(11-12)17-13-8-10-18-9-4-3-5-15(13)18/h6-7,11,13,15,17H,3-5,8-10H2,1-2H3. The van der Waals surface area contributed by atoms with Crippen LogP contribution in [0.3, 0.4) is 0 Å². The van der Waals surface area contributed by atoms with Crippen LogP contribution in [-0.4, -0.2) is 44.3 Å². The molecule has 0 bridgehead atoms. The van der Waals surface area contributed by atoms with Gasteiger partial charge < -0.3 is 14.8 Å². The highest BCUT2D eigenvalue weighted by Crippen LogP contribution is 2.34. The number of benzene rings is 1. The van der Waals surface area contributed by atoms with Crippen LogP contribution < -0.4 is 14.8 Å². The SMILES string of the molecule is COc1ccc(OC)c(NC2CCN3CCCCC23)c1. The van der Waals surface area contributed by atoms with Crippen molar-refractivity contribution in [3.05, 3.63) is 18.2 Å². The first kappa shape index (κ1) is 13.6. The second-order valence-electron chi connectivity index (χ2n) is 5.70. The van der Waals surface area contributed by atoms with Crippen molar-refractivity contribution in [1.29, 1.82) is 0 Å². The number of hydrogen-bond donors (Lipinski definition) is 1. The van der Waals surface area contributed by atoms with Crippen molar-refractivity contribution >= 4 is 5.69 Å². The smallest absolute Gasteiger partial charge is 0.142 e. The molecule has 0 aromatic heterocycles. The Morgan fingerprint density at radius 2 is 2.00 bits per heavy atom. The average Bonchev–Trinajstić information content (AvgIpc) is 2.90. The first-order chi connectivity index (χ1) is 9.81. The number of methoxy groups -OCH3 is 2. The normalized spacial score (nSPS) is 26.1. The van der Waals surface area contributed by atoms with Crippen molar-refractivity contribution in [2.45, 2.75) is 37.8 Å². The number of nitrogens with zero attached hydrogens (tertiary/aromatic N) is 1. The van der Waals surface area contributed by atoms with E-state index in [0.29, 0.717) is 12.1 Å². The summed E-state index contributed by atoms with van der Waals surface area (Å²) in [6.07, 6.45) is 5.23. The van der Waals surface area contributed by atoms with E-state index in [2.05, 4.69) is 10.2 Å². The summed E-state index contributed by atoms with van der Waals surface area (Å²) in [6, 6.07) is 7.14. The van der Waals surface area contributed by atoms with Crippen LogP contribution >= 0.6 is 0 Å². The average molecular weight is 276 g/mol. The maximum Gasteiger partial charge on any atom is 0.142 e. The van der Waals surface area contributed by atoms with Gasteiger partial charge in [0.25, 0.3) is 0 Å². The maximum absolute atomic E-state index is 5.46. The highest BCUT2D eigenvalue weighted by atomic mass is 16.5. The van der Waals surface area contributed by atoms with Gasteiger partial charge in [0.1, 0.15) is 11.5 Å². The first-order valence-corrected chi connectivity index (χ1v) is 7.54. The summed E-state index contributed by atoms with van der Waals surface area (Å²) in [5.74, 6) is 1.76. The lowest BCUT2D eigenvalue weighted by Crippen LogP contribution is -2.41. The van der Waals surface area contributed by atoms with E-state index >= 15 is 0 Å². The van der Waals surface area contributed by atoms with Gasteiger partial charge in [0.2, 0.25) is 0 Å². The third kappa shape index (κ3) is 2.57. The van der Waals surface area contributed by atoms with Crippen molar-refractivity contribution in [2.75, 3.05) is 32.6 Å². The molecule has 2 atom stereocenters. The lowest BCUT2D eigenvalue weighted by Gasteiger charge is -2.33. The van der Waals surface area contributed by atoms with Crippen molar-refractivity contribution < 1.29 is 9.47 Å². The van der Waals surface area contributed by atoms with Gasteiger partial charge in [-0.1, -0.05) is 6.42 Å². The number of hydrogen-bond acceptors (Lipinski definition) is 4. The van der Waals surface area contributed by atoms with Crippen molar-refractivity contribution in [3.63, 3.8) is 0 Å². The summed E-state index contributed by atoms with van der Waals surface area (Å²) in [5, 5.41) is 3.69. The Kier molecular flexibility index (Phi) is 4.01. The number of ether oxygens (including phenoxy) is 2. The Hall–Kier alpha value is -1.42. The molecule has 2 saturated heterocycles. The number of rotatable bonds is 4. The number of nitrogens with one attached hydrogen (secondary N) is 1. The highest BCUT2D eigenvalue weighted by molar-refractivity contribution is 5.60. The summed E-state index contributed by atoms with van der Waals surface area (Å²) in [7, 11) is 3.42. The molecule has 4 heteroatoms. The summed E-state index contributed by atoms with van der Waals surface area (Å²) in [4.78, 5) is 2.63. The van der Waals surface area contributed by atoms with Crippen LogP contribution in [0, 0.1) is 0 Å². The fraction of sp³-hybridized carbons (Fsp3) is 0.625. The second-order valence-corrected chi connectivity index (χ2v) is 5.70. The minimum Gasteiger partial charge on any atom is -0.497 e. The second kappa shape index (κ2) is 5.92. The third-order valence-electron chi connectivity index (χ3n) is 4.60. The molecule has 3 rings (SSSR count). The summed E-state index contributed by atoms with van der Waals surface area (Å²) >= 11 is 0. The number of piperidine rings is 1. The van der Waals surface area contributed by atoms with E-state index in [1.54, 1.807) is 14.2 Å². The predicted octanol–water partition coefficient (Wildman–Crippen LogP) is 2.74. The van der Waals surface area contributed by atoms with Gasteiger partial charge in [0.05, 0.1) is 19.9 Å². The van der Waals surface area contributed by atoms with Gasteiger partial charge in [-0.2, -0.15) is 0 Å². The molecule has 2 aliphatic rings. The van der Waals surface area contributed by atoms with Crippen molar-refractivity contribution in [3.8, 4) is 11.5 Å². The van der Waals surface area contributed by atoms with Gasteiger partial charge in [0, 0.05) is 24.7 Å². The van der Waals surface area contributed by atoms with E-state index in [9.17, 15) is 0 Å². The van der Waals surface area contributed by atoms with Crippen LogP contribution in [0.5, 0.6) is 11.5 Å². The molecule has 2 fully saturated rings. The molecule has 0 aliphatic carbocycles. The summed E-state index contributed by atoms with van der Waals surface area (Å²) < 4.78 is 10.8. The topological polar surface area (TPSA) is 33.7 Å². The predicted molar refractivity (Wildman–Crippen MR) is 80.8 cm³/mol. The molecule has 0 radical (unpaired) electrons. The largest absolute Gasteiger partial charge is 0.497 e. The number of anilines is 1. The van der Waals surface area contributed by atoms with Gasteiger partial charge in [-0.15, -0.1) is 0 Å². The van der Waals surface area contributed by atoms with Gasteiger partial charge in [-0.25, -0.2) is 0 Å². The van der Waals surface area contributed by atoms with Crippen LogP contribution in [0.1, 0.15) is 25.7 Å². The molecule has 1 aromatic carbocycles. The molecule has 2 unspecified atom stereocenters. The quantitative estimate of drug-likeness (QED) is 0.917. The van der Waals surface area contributed by atoms with Crippen LogP contribution in [0.4, 0.5) is 5.69 Å². The van der Waals surface area contributed by atoms with Crippen LogP contribution in [-0.2, 0) is 0 Å². The van der Waals surface area contributed by atoms with Gasteiger partial charge in [-0.05, 0) is 37.9 Å². The first-order valence-electron chi connectivity index (χ1n) is 7.54. The molecule has 0 spiro atoms. The van der Waals surface area contributed by atoms with Crippen LogP contribution in [0.2, 0.25) is 0 Å². The molecule has 2 aliphatic heterocycles. The maximum atomic E-state index is 5.46. The van der Waals surface area contributed by atoms with E-state index in [4.69, 9.17) is 9.47 Å². The fourth-order valence-electron chi connectivity index (χ4n) is 3.54. The van der Waals surface area contributed by atoms with Crippen molar-refractivity contribution in [1.82, 2.24) is 4.90 Å². The zero-order valence-electron chi connectivity index (χ0n) is 12.4. The van der Waals surface area contributed by atoms with Crippen molar-refractivity contribution in [2.24, 2.45) is 0 Å². The minimum absolute atomic E-state index is 0.524. The van der Waals surface area contributed by atoms with Gasteiger partial charge >= 0.3 is 0 Å². The molecule has 4 nitrogen and oxygen atoms in total. The molecule has 0 saturated carbocycles. The van der Waals surface area contributed by atoms with Gasteiger partial charge in [0.15, 0.2) is 0 Å².